The highest BCUT2D eigenvalue weighted by Gasteiger charge is 2.21. The molecule has 0 saturated heterocycles. The molecule has 8 nitrogen and oxygen atoms in total. The summed E-state index contributed by atoms with van der Waals surface area (Å²) in [7, 11) is 0. The van der Waals surface area contributed by atoms with Crippen molar-refractivity contribution in [1.82, 2.24) is 0 Å². The topological polar surface area (TPSA) is 147 Å². The number of carbonyl (C=O) groups is 1. The number of carbonyl (C=O) groups excluding carboxylic acids is 1. The minimum Gasteiger partial charge on any atom is -0.457 e. The van der Waals surface area contributed by atoms with Crippen molar-refractivity contribution < 1.29 is 14.3 Å². The summed E-state index contributed by atoms with van der Waals surface area (Å²) in [6, 6.07) is 19.0. The molecule has 0 bridgehead atoms. The molecule has 3 aromatic carbocycles. The second-order valence-corrected chi connectivity index (χ2v) is 8.60. The average Bonchev–Trinajstić information content (AvgIpc) is 2.85. The molecular formula is C27H29N5O3. The normalized spacial score (nSPS) is 13.6. The van der Waals surface area contributed by atoms with Gasteiger partial charge in [0.05, 0.1) is 0 Å². The highest BCUT2D eigenvalue weighted by molar-refractivity contribution is 5.95. The Labute approximate surface area is 204 Å². The average molecular weight is 472 g/mol. The van der Waals surface area contributed by atoms with E-state index in [-0.39, 0.29) is 23.5 Å². The molecule has 1 aliphatic rings. The molecule has 1 aliphatic carbocycles. The van der Waals surface area contributed by atoms with Crippen LogP contribution in [0.15, 0.2) is 66.7 Å². The molecule has 0 radical (unpaired) electrons. The fourth-order valence-electron chi connectivity index (χ4n) is 4.05. The lowest BCUT2D eigenvalue weighted by Crippen LogP contribution is -2.24. The minimum atomic E-state index is -0.0181. The Morgan fingerprint density at radius 3 is 1.60 bits per heavy atom. The number of hydrogen-bond acceptors (Lipinski definition) is 5. The lowest BCUT2D eigenvalue weighted by molar-refractivity contribution is -0.120. The molecule has 4 rings (SSSR count). The molecule has 0 aliphatic heterocycles. The van der Waals surface area contributed by atoms with Gasteiger partial charge in [-0.3, -0.25) is 15.6 Å². The Morgan fingerprint density at radius 1 is 0.714 bits per heavy atom. The number of amides is 1. The van der Waals surface area contributed by atoms with E-state index >= 15 is 0 Å². The highest BCUT2D eigenvalue weighted by Crippen LogP contribution is 2.33. The van der Waals surface area contributed by atoms with E-state index < -0.39 is 0 Å². The van der Waals surface area contributed by atoms with E-state index in [1.807, 2.05) is 0 Å². The molecule has 0 heterocycles. The van der Waals surface area contributed by atoms with E-state index in [1.54, 1.807) is 66.7 Å². The summed E-state index contributed by atoms with van der Waals surface area (Å²) in [5.41, 5.74) is 12.8. The second kappa shape index (κ2) is 10.7. The Balaban J connectivity index is 1.58. The molecule has 3 aromatic rings. The Kier molecular flexibility index (Phi) is 7.30. The molecule has 8 heteroatoms. The molecule has 1 amide bonds. The first kappa shape index (κ1) is 23.8. The fraction of sp³-hybridized carbons (Fsp3) is 0.222. The van der Waals surface area contributed by atoms with Gasteiger partial charge < -0.3 is 26.3 Å². The van der Waals surface area contributed by atoms with E-state index in [9.17, 15) is 4.79 Å². The lowest BCUT2D eigenvalue weighted by atomic mass is 9.88. The third-order valence-corrected chi connectivity index (χ3v) is 5.93. The van der Waals surface area contributed by atoms with E-state index in [1.165, 1.54) is 6.42 Å². The van der Waals surface area contributed by atoms with Crippen molar-refractivity contribution in [2.24, 2.45) is 17.4 Å². The van der Waals surface area contributed by atoms with Crippen molar-refractivity contribution in [3.63, 3.8) is 0 Å². The lowest BCUT2D eigenvalue weighted by Gasteiger charge is -2.21. The van der Waals surface area contributed by atoms with E-state index in [0.29, 0.717) is 39.8 Å². The zero-order valence-electron chi connectivity index (χ0n) is 19.3. The van der Waals surface area contributed by atoms with Crippen LogP contribution in [-0.4, -0.2) is 17.6 Å². The number of benzene rings is 3. The first-order chi connectivity index (χ1) is 16.9. The number of nitrogen functional groups attached to an aromatic ring is 2. The van der Waals surface area contributed by atoms with Crippen LogP contribution in [0.3, 0.4) is 0 Å². The zero-order chi connectivity index (χ0) is 24.8. The summed E-state index contributed by atoms with van der Waals surface area (Å²) >= 11 is 0. The first-order valence-electron chi connectivity index (χ1n) is 11.6. The first-order valence-corrected chi connectivity index (χ1v) is 11.6. The number of amidine groups is 2. The standard InChI is InChI=1S/C27H29N5O3/c28-25(29)17-6-10-21(11-7-17)34-23-14-20(32-27(33)19-4-2-1-3-5-19)15-24(16-23)35-22-12-8-18(9-13-22)26(30)31/h6-16,19H,1-5H2,(H3,28,29)(H3,30,31)(H,32,33). The Morgan fingerprint density at radius 2 is 1.17 bits per heavy atom. The maximum Gasteiger partial charge on any atom is 0.227 e. The molecular weight excluding hydrogens is 442 g/mol. The van der Waals surface area contributed by atoms with E-state index in [4.69, 9.17) is 31.8 Å². The van der Waals surface area contributed by atoms with Gasteiger partial charge in [0.2, 0.25) is 5.91 Å². The third kappa shape index (κ3) is 6.38. The number of rotatable bonds is 8. The van der Waals surface area contributed by atoms with Crippen LogP contribution in [0.25, 0.3) is 0 Å². The molecule has 1 saturated carbocycles. The van der Waals surface area contributed by atoms with Crippen LogP contribution < -0.4 is 26.3 Å². The van der Waals surface area contributed by atoms with Gasteiger partial charge in [-0.25, -0.2) is 0 Å². The molecule has 1 fully saturated rings. The van der Waals surface area contributed by atoms with Crippen molar-refractivity contribution in [3.8, 4) is 23.0 Å². The summed E-state index contributed by atoms with van der Waals surface area (Å²) < 4.78 is 12.0. The van der Waals surface area contributed by atoms with Crippen LogP contribution in [0.4, 0.5) is 5.69 Å². The van der Waals surface area contributed by atoms with Crippen molar-refractivity contribution in [2.75, 3.05) is 5.32 Å². The SMILES string of the molecule is N=C(N)c1ccc(Oc2cc(NC(=O)C3CCCCC3)cc(Oc3ccc(C(=N)N)cc3)c2)cc1. The molecule has 7 N–H and O–H groups in total. The monoisotopic (exact) mass is 471 g/mol. The maximum atomic E-state index is 12.9. The summed E-state index contributed by atoms with van der Waals surface area (Å²) in [5, 5.41) is 18.1. The molecule has 35 heavy (non-hydrogen) atoms. The van der Waals surface area contributed by atoms with Crippen molar-refractivity contribution >= 4 is 23.3 Å². The van der Waals surface area contributed by atoms with Gasteiger partial charge in [0.15, 0.2) is 0 Å². The predicted octanol–water partition coefficient (Wildman–Crippen LogP) is 5.36. The van der Waals surface area contributed by atoms with Crippen molar-refractivity contribution in [2.45, 2.75) is 32.1 Å². The van der Waals surface area contributed by atoms with Crippen LogP contribution in [-0.2, 0) is 4.79 Å². The van der Waals surface area contributed by atoms with Crippen LogP contribution >= 0.6 is 0 Å². The summed E-state index contributed by atoms with van der Waals surface area (Å²) in [6.45, 7) is 0. The van der Waals surface area contributed by atoms with E-state index in [0.717, 1.165) is 25.7 Å². The molecule has 180 valence electrons. The van der Waals surface area contributed by atoms with Gasteiger partial charge in [-0.1, -0.05) is 19.3 Å². The van der Waals surface area contributed by atoms with Crippen LogP contribution in [0.5, 0.6) is 23.0 Å². The third-order valence-electron chi connectivity index (χ3n) is 5.93. The molecule has 0 unspecified atom stereocenters. The van der Waals surface area contributed by atoms with Gasteiger partial charge in [0.25, 0.3) is 0 Å². The van der Waals surface area contributed by atoms with Gasteiger partial charge in [0.1, 0.15) is 34.7 Å². The summed E-state index contributed by atoms with van der Waals surface area (Å²) in [6.07, 6.45) is 5.12. The highest BCUT2D eigenvalue weighted by atomic mass is 16.5. The van der Waals surface area contributed by atoms with Crippen LogP contribution in [0, 0.1) is 16.7 Å². The van der Waals surface area contributed by atoms with Gasteiger partial charge in [-0.2, -0.15) is 0 Å². The van der Waals surface area contributed by atoms with Crippen molar-refractivity contribution in [3.05, 3.63) is 77.9 Å². The summed E-state index contributed by atoms with van der Waals surface area (Å²) in [4.78, 5) is 12.9. The number of nitrogens with one attached hydrogen (secondary N) is 3. The number of nitrogens with two attached hydrogens (primary N) is 2. The minimum absolute atomic E-state index is 0.00409. The van der Waals surface area contributed by atoms with Crippen LogP contribution in [0.2, 0.25) is 0 Å². The van der Waals surface area contributed by atoms with Crippen molar-refractivity contribution in [1.29, 1.82) is 10.8 Å². The molecule has 0 atom stereocenters. The fourth-order valence-corrected chi connectivity index (χ4v) is 4.05. The summed E-state index contributed by atoms with van der Waals surface area (Å²) in [5.74, 6) is 2.06. The number of ether oxygens (including phenoxy) is 2. The number of hydrogen-bond donors (Lipinski definition) is 5. The van der Waals surface area contributed by atoms with Gasteiger partial charge in [0, 0.05) is 40.9 Å². The largest absolute Gasteiger partial charge is 0.457 e. The Bertz CT molecular complexity index is 1140. The van der Waals surface area contributed by atoms with Crippen LogP contribution in [0.1, 0.15) is 43.2 Å². The predicted molar refractivity (Wildman–Crippen MR) is 137 cm³/mol. The zero-order valence-corrected chi connectivity index (χ0v) is 19.3. The maximum absolute atomic E-state index is 12.9. The van der Waals surface area contributed by atoms with Gasteiger partial charge in [-0.05, 0) is 61.4 Å². The molecule has 0 spiro atoms. The number of anilines is 1. The van der Waals surface area contributed by atoms with E-state index in [2.05, 4.69) is 5.32 Å². The van der Waals surface area contributed by atoms with Gasteiger partial charge >= 0.3 is 0 Å². The molecule has 0 aromatic heterocycles. The quantitative estimate of drug-likeness (QED) is 0.222. The smallest absolute Gasteiger partial charge is 0.227 e. The second-order valence-electron chi connectivity index (χ2n) is 8.60. The Hall–Kier alpha value is -4.33. The van der Waals surface area contributed by atoms with Gasteiger partial charge in [-0.15, -0.1) is 0 Å².